The smallest absolute Gasteiger partial charge is 0.134 e. The lowest BCUT2D eigenvalue weighted by Crippen LogP contribution is -2.07. The minimum absolute atomic E-state index is 0.105. The van der Waals surface area contributed by atoms with Crippen LogP contribution in [0.3, 0.4) is 0 Å². The van der Waals surface area contributed by atoms with Crippen LogP contribution in [0.4, 0.5) is 0 Å². The summed E-state index contributed by atoms with van der Waals surface area (Å²) in [5.74, 6) is 0.105. The van der Waals surface area contributed by atoms with Gasteiger partial charge in [-0.25, -0.2) is 4.98 Å². The Hall–Kier alpha value is -2.26. The molecule has 0 radical (unpaired) electrons. The van der Waals surface area contributed by atoms with Crippen LogP contribution in [-0.2, 0) is 0 Å². The molecule has 3 nitrogen and oxygen atoms in total. The van der Waals surface area contributed by atoms with Crippen LogP contribution in [0, 0.1) is 0 Å². The van der Waals surface area contributed by atoms with Gasteiger partial charge in [-0.1, -0.05) is 48.9 Å². The van der Waals surface area contributed by atoms with Gasteiger partial charge in [0.25, 0.3) is 0 Å². The van der Waals surface area contributed by atoms with E-state index in [-0.39, 0.29) is 5.75 Å². The average molecular weight is 313 g/mol. The van der Waals surface area contributed by atoms with E-state index >= 15 is 0 Å². The third-order valence-corrected chi connectivity index (χ3v) is 4.15. The van der Waals surface area contributed by atoms with Gasteiger partial charge in [0.2, 0.25) is 0 Å². The molecular weight excluding hydrogens is 296 g/mol. The zero-order valence-electron chi connectivity index (χ0n) is 12.3. The van der Waals surface area contributed by atoms with E-state index < -0.39 is 0 Å². The standard InChI is InChI=1S/C18H17ClN2O/c1-2-17(21-10-9-20-12-21)14-5-3-13(4-6-14)15-7-8-18(22)16(19)11-15/h3-12,17,22H,2H2,1H3. The first-order valence-electron chi connectivity index (χ1n) is 7.25. The summed E-state index contributed by atoms with van der Waals surface area (Å²) in [5, 5.41) is 9.87. The summed E-state index contributed by atoms with van der Waals surface area (Å²) in [4.78, 5) is 4.12. The van der Waals surface area contributed by atoms with E-state index in [2.05, 4.69) is 40.7 Å². The molecule has 22 heavy (non-hydrogen) atoms. The molecule has 1 aromatic heterocycles. The molecule has 0 aliphatic heterocycles. The summed E-state index contributed by atoms with van der Waals surface area (Å²) in [7, 11) is 0. The fourth-order valence-corrected chi connectivity index (χ4v) is 2.84. The topological polar surface area (TPSA) is 38.0 Å². The van der Waals surface area contributed by atoms with Gasteiger partial charge in [-0.05, 0) is 35.2 Å². The van der Waals surface area contributed by atoms with Gasteiger partial charge in [0.1, 0.15) is 5.75 Å². The first-order valence-corrected chi connectivity index (χ1v) is 7.63. The average Bonchev–Trinajstić information content (AvgIpc) is 3.06. The van der Waals surface area contributed by atoms with Crippen molar-refractivity contribution in [3.05, 3.63) is 71.8 Å². The molecule has 2 aromatic carbocycles. The molecule has 0 saturated heterocycles. The monoisotopic (exact) mass is 312 g/mol. The summed E-state index contributed by atoms with van der Waals surface area (Å²) in [6, 6.07) is 14.0. The Morgan fingerprint density at radius 3 is 2.45 bits per heavy atom. The van der Waals surface area contributed by atoms with E-state index in [1.807, 2.05) is 18.6 Å². The second-order valence-corrected chi connectivity index (χ2v) is 5.63. The summed E-state index contributed by atoms with van der Waals surface area (Å²) >= 11 is 5.98. The van der Waals surface area contributed by atoms with Crippen molar-refractivity contribution in [3.63, 3.8) is 0 Å². The molecule has 1 heterocycles. The summed E-state index contributed by atoms with van der Waals surface area (Å²) < 4.78 is 2.12. The molecule has 3 aromatic rings. The summed E-state index contributed by atoms with van der Waals surface area (Å²) in [6.07, 6.45) is 6.64. The lowest BCUT2D eigenvalue weighted by Gasteiger charge is -2.17. The van der Waals surface area contributed by atoms with Gasteiger partial charge < -0.3 is 9.67 Å². The minimum atomic E-state index is 0.105. The van der Waals surface area contributed by atoms with Crippen molar-refractivity contribution in [1.82, 2.24) is 9.55 Å². The van der Waals surface area contributed by atoms with Crippen LogP contribution in [-0.4, -0.2) is 14.7 Å². The highest BCUT2D eigenvalue weighted by atomic mass is 35.5. The van der Waals surface area contributed by atoms with Crippen LogP contribution in [0.15, 0.2) is 61.2 Å². The lowest BCUT2D eigenvalue weighted by atomic mass is 9.99. The van der Waals surface area contributed by atoms with Crippen LogP contribution in [0.25, 0.3) is 11.1 Å². The maximum Gasteiger partial charge on any atom is 0.134 e. The highest BCUT2D eigenvalue weighted by Crippen LogP contribution is 2.30. The number of nitrogens with zero attached hydrogens (tertiary/aromatic N) is 2. The molecular formula is C18H17ClN2O. The van der Waals surface area contributed by atoms with Crippen LogP contribution in [0.2, 0.25) is 5.02 Å². The Morgan fingerprint density at radius 2 is 1.86 bits per heavy atom. The number of benzene rings is 2. The van der Waals surface area contributed by atoms with Crippen LogP contribution < -0.4 is 0 Å². The fourth-order valence-electron chi connectivity index (χ4n) is 2.66. The van der Waals surface area contributed by atoms with Crippen LogP contribution in [0.5, 0.6) is 5.75 Å². The molecule has 4 heteroatoms. The Labute approximate surface area is 134 Å². The maximum atomic E-state index is 9.50. The molecule has 0 aliphatic carbocycles. The molecule has 0 spiro atoms. The summed E-state index contributed by atoms with van der Waals surface area (Å²) in [5.41, 5.74) is 3.31. The number of imidazole rings is 1. The fraction of sp³-hybridized carbons (Fsp3) is 0.167. The molecule has 1 atom stereocenters. The number of phenolic OH excluding ortho intramolecular Hbond substituents is 1. The van der Waals surface area contributed by atoms with Crippen molar-refractivity contribution in [2.75, 3.05) is 0 Å². The third kappa shape index (κ3) is 2.85. The zero-order chi connectivity index (χ0) is 15.5. The number of rotatable bonds is 4. The number of hydrogen-bond acceptors (Lipinski definition) is 2. The van der Waals surface area contributed by atoms with Crippen molar-refractivity contribution < 1.29 is 5.11 Å². The van der Waals surface area contributed by atoms with Gasteiger partial charge in [0, 0.05) is 12.4 Å². The number of phenols is 1. The van der Waals surface area contributed by atoms with Crippen molar-refractivity contribution >= 4 is 11.6 Å². The number of aromatic nitrogens is 2. The molecule has 0 saturated carbocycles. The van der Waals surface area contributed by atoms with E-state index in [4.69, 9.17) is 11.6 Å². The molecule has 0 amide bonds. The predicted molar refractivity (Wildman–Crippen MR) is 89.2 cm³/mol. The quantitative estimate of drug-likeness (QED) is 0.743. The normalized spacial score (nSPS) is 12.3. The molecule has 0 bridgehead atoms. The van der Waals surface area contributed by atoms with E-state index in [9.17, 15) is 5.11 Å². The highest BCUT2D eigenvalue weighted by molar-refractivity contribution is 6.32. The first-order chi connectivity index (χ1) is 10.7. The van der Waals surface area contributed by atoms with Crippen molar-refractivity contribution in [1.29, 1.82) is 0 Å². The maximum absolute atomic E-state index is 9.50. The largest absolute Gasteiger partial charge is 0.506 e. The molecule has 0 aliphatic rings. The first kappa shape index (κ1) is 14.7. The summed E-state index contributed by atoms with van der Waals surface area (Å²) in [6.45, 7) is 2.17. The second-order valence-electron chi connectivity index (χ2n) is 5.22. The molecule has 3 rings (SSSR count). The lowest BCUT2D eigenvalue weighted by molar-refractivity contribution is 0.475. The minimum Gasteiger partial charge on any atom is -0.506 e. The van der Waals surface area contributed by atoms with E-state index in [1.54, 1.807) is 18.3 Å². The van der Waals surface area contributed by atoms with Crippen molar-refractivity contribution in [2.45, 2.75) is 19.4 Å². The van der Waals surface area contributed by atoms with Crippen LogP contribution in [0.1, 0.15) is 24.9 Å². The van der Waals surface area contributed by atoms with Gasteiger partial charge >= 0.3 is 0 Å². The van der Waals surface area contributed by atoms with E-state index in [0.29, 0.717) is 11.1 Å². The van der Waals surface area contributed by atoms with Gasteiger partial charge in [-0.2, -0.15) is 0 Å². The number of aromatic hydroxyl groups is 1. The molecule has 112 valence electrons. The van der Waals surface area contributed by atoms with Gasteiger partial charge in [0.05, 0.1) is 17.4 Å². The molecule has 0 fully saturated rings. The predicted octanol–water partition coefficient (Wildman–Crippen LogP) is 4.91. The Kier molecular flexibility index (Phi) is 4.16. The SMILES string of the molecule is CCC(c1ccc(-c2ccc(O)c(Cl)c2)cc1)n1ccnc1. The highest BCUT2D eigenvalue weighted by Gasteiger charge is 2.11. The van der Waals surface area contributed by atoms with Crippen molar-refractivity contribution in [2.24, 2.45) is 0 Å². The third-order valence-electron chi connectivity index (χ3n) is 3.85. The Morgan fingerprint density at radius 1 is 1.14 bits per heavy atom. The Bertz CT molecular complexity index is 751. The number of hydrogen-bond donors (Lipinski definition) is 1. The van der Waals surface area contributed by atoms with Gasteiger partial charge in [0.15, 0.2) is 0 Å². The van der Waals surface area contributed by atoms with E-state index in [1.165, 1.54) is 5.56 Å². The van der Waals surface area contributed by atoms with Crippen molar-refractivity contribution in [3.8, 4) is 16.9 Å². The second kappa shape index (κ2) is 6.24. The van der Waals surface area contributed by atoms with Gasteiger partial charge in [-0.15, -0.1) is 0 Å². The van der Waals surface area contributed by atoms with E-state index in [0.717, 1.165) is 17.5 Å². The van der Waals surface area contributed by atoms with Crippen LogP contribution >= 0.6 is 11.6 Å². The zero-order valence-corrected chi connectivity index (χ0v) is 13.0. The molecule has 1 N–H and O–H groups in total. The number of halogens is 1. The molecule has 1 unspecified atom stereocenters. The van der Waals surface area contributed by atoms with Gasteiger partial charge in [-0.3, -0.25) is 0 Å². The Balaban J connectivity index is 1.90.